The van der Waals surface area contributed by atoms with Crippen LogP contribution in [0.25, 0.3) is 0 Å². The van der Waals surface area contributed by atoms with Gasteiger partial charge in [-0.1, -0.05) is 42.1 Å². The van der Waals surface area contributed by atoms with Crippen LogP contribution in [-0.2, 0) is 4.79 Å². The van der Waals surface area contributed by atoms with E-state index in [1.807, 2.05) is 37.3 Å². The number of benzene rings is 1. The lowest BCUT2D eigenvalue weighted by molar-refractivity contribution is -0.116. The molecule has 4 nitrogen and oxygen atoms in total. The quantitative estimate of drug-likeness (QED) is 0.623. The third-order valence-corrected chi connectivity index (χ3v) is 2.93. The van der Waals surface area contributed by atoms with E-state index in [9.17, 15) is 4.79 Å². The topological polar surface area (TPSA) is 53.8 Å². The zero-order valence-electron chi connectivity index (χ0n) is 8.80. The van der Waals surface area contributed by atoms with Gasteiger partial charge in [-0.3, -0.25) is 4.79 Å². The molecule has 1 N–H and O–H groups in total. The zero-order valence-corrected chi connectivity index (χ0v) is 9.62. The fourth-order valence-corrected chi connectivity index (χ4v) is 1.86. The van der Waals surface area contributed by atoms with Crippen molar-refractivity contribution in [1.82, 2.24) is 5.32 Å². The summed E-state index contributed by atoms with van der Waals surface area (Å²) in [5.41, 5.74) is 1.86. The summed E-state index contributed by atoms with van der Waals surface area (Å²) < 4.78 is 0. The van der Waals surface area contributed by atoms with Crippen molar-refractivity contribution >= 4 is 28.5 Å². The first kappa shape index (κ1) is 10.9. The number of amidine groups is 1. The van der Waals surface area contributed by atoms with E-state index in [1.54, 1.807) is 0 Å². The molecule has 1 saturated heterocycles. The van der Waals surface area contributed by atoms with E-state index in [1.165, 1.54) is 11.8 Å². The van der Waals surface area contributed by atoms with Crippen molar-refractivity contribution in [1.29, 1.82) is 0 Å². The molecule has 1 heterocycles. The maximum absolute atomic E-state index is 10.9. The smallest absolute Gasteiger partial charge is 0.236 e. The van der Waals surface area contributed by atoms with Gasteiger partial charge in [-0.2, -0.15) is 5.10 Å². The second kappa shape index (κ2) is 4.94. The van der Waals surface area contributed by atoms with E-state index < -0.39 is 0 Å². The minimum Gasteiger partial charge on any atom is -0.303 e. The average Bonchev–Trinajstić information content (AvgIpc) is 2.73. The minimum absolute atomic E-state index is 0.0173. The highest BCUT2D eigenvalue weighted by Gasteiger charge is 2.16. The standard InChI is InChI=1S/C11H11N3OS/c1-8(9-5-3-2-4-6-9)13-14-11-12-10(15)7-16-11/h2-6H,7H2,1H3,(H,12,14,15)/b13-8+. The van der Waals surface area contributed by atoms with Gasteiger partial charge in [0.15, 0.2) is 5.17 Å². The Morgan fingerprint density at radius 2 is 2.12 bits per heavy atom. The maximum Gasteiger partial charge on any atom is 0.236 e. The van der Waals surface area contributed by atoms with Crippen LogP contribution in [0.5, 0.6) is 0 Å². The molecule has 0 atom stereocenters. The number of nitrogens with one attached hydrogen (secondary N) is 1. The molecule has 0 aliphatic carbocycles. The molecule has 0 unspecified atom stereocenters. The fourth-order valence-electron chi connectivity index (χ4n) is 1.24. The molecule has 1 aromatic rings. The molecule has 16 heavy (non-hydrogen) atoms. The number of rotatable bonds is 2. The van der Waals surface area contributed by atoms with E-state index >= 15 is 0 Å². The van der Waals surface area contributed by atoms with Crippen molar-refractivity contribution in [3.05, 3.63) is 35.9 Å². The Morgan fingerprint density at radius 3 is 2.75 bits per heavy atom. The summed E-state index contributed by atoms with van der Waals surface area (Å²) in [6.45, 7) is 1.89. The van der Waals surface area contributed by atoms with Crippen LogP contribution in [0.3, 0.4) is 0 Å². The minimum atomic E-state index is -0.0173. The molecule has 1 amide bonds. The van der Waals surface area contributed by atoms with Crippen molar-refractivity contribution in [2.45, 2.75) is 6.92 Å². The summed E-state index contributed by atoms with van der Waals surface area (Å²) >= 11 is 1.37. The molecular weight excluding hydrogens is 222 g/mol. The summed E-state index contributed by atoms with van der Waals surface area (Å²) in [7, 11) is 0. The molecule has 0 bridgehead atoms. The Bertz CT molecular complexity index is 454. The van der Waals surface area contributed by atoms with Gasteiger partial charge in [0.25, 0.3) is 0 Å². The first-order valence-corrected chi connectivity index (χ1v) is 5.84. The highest BCUT2D eigenvalue weighted by Crippen LogP contribution is 2.09. The van der Waals surface area contributed by atoms with Crippen LogP contribution in [0, 0.1) is 0 Å². The van der Waals surface area contributed by atoms with Crippen molar-refractivity contribution < 1.29 is 4.79 Å². The summed E-state index contributed by atoms with van der Waals surface area (Å²) in [4.78, 5) is 10.9. The van der Waals surface area contributed by atoms with Gasteiger partial charge in [-0.15, -0.1) is 5.10 Å². The van der Waals surface area contributed by atoms with Crippen LogP contribution in [0.1, 0.15) is 12.5 Å². The molecule has 0 saturated carbocycles. The van der Waals surface area contributed by atoms with E-state index in [0.717, 1.165) is 11.3 Å². The second-order valence-corrected chi connectivity index (χ2v) is 4.26. The van der Waals surface area contributed by atoms with Crippen LogP contribution in [0.4, 0.5) is 0 Å². The Labute approximate surface area is 97.8 Å². The lowest BCUT2D eigenvalue weighted by atomic mass is 10.1. The summed E-state index contributed by atoms with van der Waals surface area (Å²) in [6, 6.07) is 9.80. The first-order valence-electron chi connectivity index (χ1n) is 4.86. The predicted molar refractivity (Wildman–Crippen MR) is 66.7 cm³/mol. The van der Waals surface area contributed by atoms with Gasteiger partial charge in [0, 0.05) is 0 Å². The number of thioether (sulfide) groups is 1. The van der Waals surface area contributed by atoms with Crippen LogP contribution >= 0.6 is 11.8 Å². The molecule has 0 radical (unpaired) electrons. The molecule has 1 aromatic carbocycles. The third kappa shape index (κ3) is 2.70. The summed E-state index contributed by atoms with van der Waals surface area (Å²) in [5, 5.41) is 11.3. The van der Waals surface area contributed by atoms with Gasteiger partial charge in [0.2, 0.25) is 5.91 Å². The Morgan fingerprint density at radius 1 is 1.38 bits per heavy atom. The number of carbonyl (C=O) groups is 1. The molecule has 2 rings (SSSR count). The number of nitrogens with zero attached hydrogens (tertiary/aromatic N) is 2. The van der Waals surface area contributed by atoms with Gasteiger partial charge < -0.3 is 5.32 Å². The zero-order chi connectivity index (χ0) is 11.4. The summed E-state index contributed by atoms with van der Waals surface area (Å²) in [6.07, 6.45) is 0. The van der Waals surface area contributed by atoms with Gasteiger partial charge in [0.05, 0.1) is 11.5 Å². The van der Waals surface area contributed by atoms with Crippen molar-refractivity contribution in [3.63, 3.8) is 0 Å². The van der Waals surface area contributed by atoms with E-state index in [2.05, 4.69) is 15.5 Å². The van der Waals surface area contributed by atoms with Crippen molar-refractivity contribution in [2.75, 3.05) is 5.75 Å². The second-order valence-electron chi connectivity index (χ2n) is 3.29. The van der Waals surface area contributed by atoms with Crippen LogP contribution < -0.4 is 5.32 Å². The molecular formula is C11H11N3OS. The van der Waals surface area contributed by atoms with Crippen molar-refractivity contribution in [2.24, 2.45) is 10.2 Å². The monoisotopic (exact) mass is 233 g/mol. The molecule has 82 valence electrons. The maximum atomic E-state index is 10.9. The number of hydrogen-bond donors (Lipinski definition) is 1. The molecule has 0 aromatic heterocycles. The molecule has 0 spiro atoms. The van der Waals surface area contributed by atoms with Crippen molar-refractivity contribution in [3.8, 4) is 0 Å². The van der Waals surface area contributed by atoms with Gasteiger partial charge in [-0.25, -0.2) is 0 Å². The SMILES string of the molecule is C/C(=N\N=C1/NC(=O)CS1)c1ccccc1. The van der Waals surface area contributed by atoms with E-state index in [4.69, 9.17) is 0 Å². The molecule has 1 aliphatic heterocycles. The van der Waals surface area contributed by atoms with Crippen LogP contribution in [-0.4, -0.2) is 22.5 Å². The Kier molecular flexibility index (Phi) is 3.36. The fraction of sp³-hybridized carbons (Fsp3) is 0.182. The molecule has 5 heteroatoms. The average molecular weight is 233 g/mol. The van der Waals surface area contributed by atoms with Crippen LogP contribution in [0.15, 0.2) is 40.5 Å². The Hall–Kier alpha value is -1.62. The van der Waals surface area contributed by atoms with Gasteiger partial charge in [-0.05, 0) is 12.5 Å². The highest BCUT2D eigenvalue weighted by molar-refractivity contribution is 8.15. The summed E-state index contributed by atoms with van der Waals surface area (Å²) in [5.74, 6) is 0.412. The number of hydrogen-bond acceptors (Lipinski definition) is 4. The highest BCUT2D eigenvalue weighted by atomic mass is 32.2. The predicted octanol–water partition coefficient (Wildman–Crippen LogP) is 1.63. The van der Waals surface area contributed by atoms with E-state index in [0.29, 0.717) is 10.9 Å². The molecule has 1 aliphatic rings. The normalized spacial score (nSPS) is 18.9. The lowest BCUT2D eigenvalue weighted by Crippen LogP contribution is -2.19. The number of carbonyl (C=O) groups excluding carboxylic acids is 1. The van der Waals surface area contributed by atoms with Gasteiger partial charge >= 0.3 is 0 Å². The number of amides is 1. The lowest BCUT2D eigenvalue weighted by Gasteiger charge is -1.97. The van der Waals surface area contributed by atoms with Gasteiger partial charge in [0.1, 0.15) is 0 Å². The molecule has 1 fully saturated rings. The first-order chi connectivity index (χ1) is 7.75. The van der Waals surface area contributed by atoms with E-state index in [-0.39, 0.29) is 5.91 Å². The largest absolute Gasteiger partial charge is 0.303 e. The Balaban J connectivity index is 2.11. The third-order valence-electron chi connectivity index (χ3n) is 2.07. The van der Waals surface area contributed by atoms with Crippen LogP contribution in [0.2, 0.25) is 0 Å².